The van der Waals surface area contributed by atoms with Gasteiger partial charge >= 0.3 is 14.2 Å². The SMILES string of the molecule is N[C@@H](CO[P+](=O)O)C(=O)O. The fourth-order valence-corrected chi connectivity index (χ4v) is 0.503. The molecule has 0 amide bonds. The van der Waals surface area contributed by atoms with Crippen molar-refractivity contribution in [2.24, 2.45) is 5.73 Å². The van der Waals surface area contributed by atoms with E-state index in [1.54, 1.807) is 0 Å². The molecule has 58 valence electrons. The highest BCUT2D eigenvalue weighted by molar-refractivity contribution is 7.32. The fraction of sp³-hybridized carbons (Fsp3) is 0.667. The Morgan fingerprint density at radius 3 is 2.60 bits per heavy atom. The van der Waals surface area contributed by atoms with Crippen molar-refractivity contribution in [1.29, 1.82) is 0 Å². The van der Waals surface area contributed by atoms with E-state index in [9.17, 15) is 9.36 Å². The first-order valence-corrected chi connectivity index (χ1v) is 3.44. The van der Waals surface area contributed by atoms with Crippen LogP contribution >= 0.6 is 8.25 Å². The first-order valence-electron chi connectivity index (χ1n) is 2.31. The lowest BCUT2D eigenvalue weighted by Gasteiger charge is -1.97. The molecule has 0 aliphatic heterocycles. The Morgan fingerprint density at radius 1 is 1.80 bits per heavy atom. The molecule has 7 heteroatoms. The number of hydrogen-bond acceptors (Lipinski definition) is 4. The molecule has 0 fully saturated rings. The van der Waals surface area contributed by atoms with Gasteiger partial charge in [-0.05, 0) is 0 Å². The molecule has 0 saturated carbocycles. The average molecular weight is 168 g/mol. The molecule has 0 aromatic carbocycles. The van der Waals surface area contributed by atoms with Gasteiger partial charge in [0.1, 0.15) is 12.6 Å². The molecule has 0 bridgehead atoms. The summed E-state index contributed by atoms with van der Waals surface area (Å²) in [5.74, 6) is -1.27. The van der Waals surface area contributed by atoms with Crippen molar-refractivity contribution in [3.05, 3.63) is 0 Å². The van der Waals surface area contributed by atoms with E-state index in [0.717, 1.165) is 0 Å². The normalized spacial score (nSPS) is 14.4. The zero-order valence-electron chi connectivity index (χ0n) is 4.93. The van der Waals surface area contributed by atoms with Gasteiger partial charge in [0, 0.05) is 4.57 Å². The number of carboxylic acid groups (broad SMARTS) is 1. The zero-order chi connectivity index (χ0) is 8.15. The first-order chi connectivity index (χ1) is 4.54. The van der Waals surface area contributed by atoms with Crippen molar-refractivity contribution in [1.82, 2.24) is 0 Å². The van der Waals surface area contributed by atoms with E-state index in [-0.39, 0.29) is 0 Å². The maximum Gasteiger partial charge on any atom is 0.694 e. The lowest BCUT2D eigenvalue weighted by molar-refractivity contribution is -0.139. The van der Waals surface area contributed by atoms with Gasteiger partial charge in [0.25, 0.3) is 0 Å². The Bertz CT molecular complexity index is 148. The van der Waals surface area contributed by atoms with Crippen LogP contribution in [0.4, 0.5) is 0 Å². The number of aliphatic carboxylic acids is 1. The molecule has 0 saturated heterocycles. The Labute approximate surface area is 57.6 Å². The maximum atomic E-state index is 9.93. The highest BCUT2D eigenvalue weighted by Gasteiger charge is 2.19. The summed E-state index contributed by atoms with van der Waals surface area (Å²) in [5, 5.41) is 8.11. The van der Waals surface area contributed by atoms with Gasteiger partial charge in [0.05, 0.1) is 0 Å². The first kappa shape index (κ1) is 9.45. The van der Waals surface area contributed by atoms with Crippen LogP contribution in [0.5, 0.6) is 0 Å². The van der Waals surface area contributed by atoms with Crippen LogP contribution in [0.15, 0.2) is 0 Å². The molecule has 1 unspecified atom stereocenters. The summed E-state index contributed by atoms with van der Waals surface area (Å²) in [6, 6.07) is -1.24. The molecule has 0 aromatic rings. The molecule has 4 N–H and O–H groups in total. The predicted octanol–water partition coefficient (Wildman–Crippen LogP) is -0.935. The minimum absolute atomic E-state index is 0.457. The van der Waals surface area contributed by atoms with Crippen molar-refractivity contribution >= 4 is 14.2 Å². The highest BCUT2D eigenvalue weighted by Crippen LogP contribution is 2.13. The van der Waals surface area contributed by atoms with E-state index in [0.29, 0.717) is 0 Å². The van der Waals surface area contributed by atoms with Gasteiger partial charge in [0.2, 0.25) is 0 Å². The van der Waals surface area contributed by atoms with Gasteiger partial charge in [-0.15, -0.1) is 9.42 Å². The maximum absolute atomic E-state index is 9.93. The summed E-state index contributed by atoms with van der Waals surface area (Å²) >= 11 is 0. The van der Waals surface area contributed by atoms with E-state index in [2.05, 4.69) is 4.52 Å². The molecule has 0 radical (unpaired) electrons. The molecule has 0 rings (SSSR count). The van der Waals surface area contributed by atoms with Crippen LogP contribution in [0.2, 0.25) is 0 Å². The van der Waals surface area contributed by atoms with Gasteiger partial charge in [-0.3, -0.25) is 4.79 Å². The Kier molecular flexibility index (Phi) is 4.06. The van der Waals surface area contributed by atoms with Crippen LogP contribution in [0.1, 0.15) is 0 Å². The van der Waals surface area contributed by atoms with Crippen LogP contribution in [0, 0.1) is 0 Å². The highest BCUT2D eigenvalue weighted by atomic mass is 31.1. The molecule has 0 aliphatic rings. The minimum atomic E-state index is -2.75. The van der Waals surface area contributed by atoms with Crippen LogP contribution in [-0.2, 0) is 13.9 Å². The molecule has 2 atom stereocenters. The van der Waals surface area contributed by atoms with E-state index in [1.807, 2.05) is 0 Å². The van der Waals surface area contributed by atoms with Gasteiger partial charge < -0.3 is 10.8 Å². The number of carbonyl (C=O) groups is 1. The number of carboxylic acids is 1. The summed E-state index contributed by atoms with van der Waals surface area (Å²) in [6.07, 6.45) is 0. The Hall–Kier alpha value is -0.550. The smallest absolute Gasteiger partial charge is 0.480 e. The Morgan fingerprint density at radius 2 is 2.30 bits per heavy atom. The van der Waals surface area contributed by atoms with E-state index in [1.165, 1.54) is 0 Å². The fourth-order valence-electron chi connectivity index (χ4n) is 0.215. The third-order valence-corrected chi connectivity index (χ3v) is 1.05. The molecule has 10 heavy (non-hydrogen) atoms. The number of rotatable bonds is 4. The predicted molar refractivity (Wildman–Crippen MR) is 31.4 cm³/mol. The van der Waals surface area contributed by atoms with Crippen molar-refractivity contribution in [2.45, 2.75) is 6.04 Å². The molecule has 0 heterocycles. The summed E-state index contributed by atoms with van der Waals surface area (Å²) in [7, 11) is -2.75. The van der Waals surface area contributed by atoms with Crippen molar-refractivity contribution < 1.29 is 23.9 Å². The van der Waals surface area contributed by atoms with Crippen molar-refractivity contribution in [2.75, 3.05) is 6.61 Å². The second-order valence-electron chi connectivity index (χ2n) is 1.48. The van der Waals surface area contributed by atoms with Crippen LogP contribution in [0.3, 0.4) is 0 Å². The van der Waals surface area contributed by atoms with Gasteiger partial charge in [-0.25, -0.2) is 0 Å². The lowest BCUT2D eigenvalue weighted by Crippen LogP contribution is -2.34. The molecular formula is C3H7NO5P+. The number of nitrogens with two attached hydrogens (primary N) is 1. The van der Waals surface area contributed by atoms with E-state index in [4.69, 9.17) is 15.7 Å². The molecule has 0 spiro atoms. The van der Waals surface area contributed by atoms with Crippen LogP contribution in [0.25, 0.3) is 0 Å². The summed E-state index contributed by atoms with van der Waals surface area (Å²) in [4.78, 5) is 18.0. The number of hydrogen-bond donors (Lipinski definition) is 3. The second-order valence-corrected chi connectivity index (χ2v) is 2.21. The standard InChI is InChI=1S/C3H6NO5P/c4-2(3(5)6)1-9-10(7)8/h2H,1,4H2,(H-,5,6,7,8)/p+1/t2-/m0/s1. The van der Waals surface area contributed by atoms with E-state index >= 15 is 0 Å². The monoisotopic (exact) mass is 168 g/mol. The third kappa shape index (κ3) is 4.34. The quantitative estimate of drug-likeness (QED) is 0.467. The molecule has 6 nitrogen and oxygen atoms in total. The van der Waals surface area contributed by atoms with Crippen LogP contribution in [-0.4, -0.2) is 28.6 Å². The topological polar surface area (TPSA) is 110 Å². The molecule has 0 aliphatic carbocycles. The average Bonchev–Trinajstić information content (AvgIpc) is 1.82. The molecule has 0 aromatic heterocycles. The van der Waals surface area contributed by atoms with Crippen LogP contribution < -0.4 is 5.73 Å². The molecular weight excluding hydrogens is 161 g/mol. The lowest BCUT2D eigenvalue weighted by atomic mass is 10.3. The van der Waals surface area contributed by atoms with Gasteiger partial charge in [0.15, 0.2) is 0 Å². The third-order valence-electron chi connectivity index (χ3n) is 0.682. The van der Waals surface area contributed by atoms with Crippen molar-refractivity contribution in [3.63, 3.8) is 0 Å². The Balaban J connectivity index is 3.49. The summed E-state index contributed by atoms with van der Waals surface area (Å²) < 4.78 is 13.8. The van der Waals surface area contributed by atoms with E-state index < -0.39 is 26.9 Å². The second kappa shape index (κ2) is 4.29. The summed E-state index contributed by atoms with van der Waals surface area (Å²) in [6.45, 7) is -0.457. The summed E-state index contributed by atoms with van der Waals surface area (Å²) in [5.41, 5.74) is 4.90. The largest absolute Gasteiger partial charge is 0.694 e. The van der Waals surface area contributed by atoms with Gasteiger partial charge in [-0.2, -0.15) is 0 Å². The van der Waals surface area contributed by atoms with Crippen molar-refractivity contribution in [3.8, 4) is 0 Å². The zero-order valence-corrected chi connectivity index (χ0v) is 5.82. The van der Waals surface area contributed by atoms with Gasteiger partial charge in [-0.1, -0.05) is 0 Å². The minimum Gasteiger partial charge on any atom is -0.480 e.